The van der Waals surface area contributed by atoms with Crippen LogP contribution in [0.3, 0.4) is 0 Å². The molecule has 1 N–H and O–H groups in total. The standard InChI is InChI=1S/C15H22N4O3S2/c1-5-21-8-6-7-16-13(20)10(3)23-15-19-18-14(22-15)12-9(2)17-11(4)24-12/h10H,5-8H2,1-4H3,(H,16,20). The maximum Gasteiger partial charge on any atom is 0.277 e. The summed E-state index contributed by atoms with van der Waals surface area (Å²) in [7, 11) is 0. The number of aromatic nitrogens is 3. The first kappa shape index (κ1) is 18.9. The second-order valence-electron chi connectivity index (χ2n) is 5.12. The van der Waals surface area contributed by atoms with Crippen LogP contribution in [0, 0.1) is 13.8 Å². The van der Waals surface area contributed by atoms with Crippen LogP contribution in [0.1, 0.15) is 31.0 Å². The van der Waals surface area contributed by atoms with Gasteiger partial charge in [0.05, 0.1) is 16.0 Å². The summed E-state index contributed by atoms with van der Waals surface area (Å²) >= 11 is 2.76. The molecule has 0 saturated carbocycles. The van der Waals surface area contributed by atoms with Crippen LogP contribution in [0.15, 0.2) is 9.64 Å². The van der Waals surface area contributed by atoms with E-state index in [9.17, 15) is 4.79 Å². The second-order valence-corrected chi connectivity index (χ2v) is 7.62. The summed E-state index contributed by atoms with van der Waals surface area (Å²) in [4.78, 5) is 17.3. The average molecular weight is 371 g/mol. The molecule has 1 atom stereocenters. The predicted molar refractivity (Wildman–Crippen MR) is 94.3 cm³/mol. The van der Waals surface area contributed by atoms with E-state index in [1.807, 2.05) is 27.7 Å². The van der Waals surface area contributed by atoms with Crippen molar-refractivity contribution in [2.45, 2.75) is 44.6 Å². The fourth-order valence-corrected chi connectivity index (χ4v) is 3.51. The second kappa shape index (κ2) is 9.14. The third-order valence-electron chi connectivity index (χ3n) is 3.12. The van der Waals surface area contributed by atoms with E-state index >= 15 is 0 Å². The first-order valence-electron chi connectivity index (χ1n) is 7.81. The fraction of sp³-hybridized carbons (Fsp3) is 0.600. The number of nitrogens with one attached hydrogen (secondary N) is 1. The highest BCUT2D eigenvalue weighted by molar-refractivity contribution is 8.00. The summed E-state index contributed by atoms with van der Waals surface area (Å²) < 4.78 is 10.9. The molecule has 0 aromatic carbocycles. The molecule has 0 spiro atoms. The number of hydrogen-bond donors (Lipinski definition) is 1. The smallest absolute Gasteiger partial charge is 0.277 e. The van der Waals surface area contributed by atoms with Gasteiger partial charge in [0.15, 0.2) is 0 Å². The summed E-state index contributed by atoms with van der Waals surface area (Å²) in [5, 5.41) is 12.0. The molecule has 0 radical (unpaired) electrons. The Balaban J connectivity index is 1.85. The molecule has 2 aromatic rings. The lowest BCUT2D eigenvalue weighted by Gasteiger charge is -2.09. The number of hydrogen-bond acceptors (Lipinski definition) is 8. The van der Waals surface area contributed by atoms with Crippen molar-refractivity contribution in [3.8, 4) is 10.8 Å². The van der Waals surface area contributed by atoms with Gasteiger partial charge in [-0.05, 0) is 34.1 Å². The molecule has 1 amide bonds. The maximum atomic E-state index is 12.0. The van der Waals surface area contributed by atoms with E-state index in [-0.39, 0.29) is 11.2 Å². The highest BCUT2D eigenvalue weighted by Gasteiger charge is 2.20. The minimum absolute atomic E-state index is 0.0546. The Labute approximate surface area is 149 Å². The molecular formula is C15H22N4O3S2. The molecule has 1 unspecified atom stereocenters. The summed E-state index contributed by atoms with van der Waals surface area (Å²) in [6, 6.07) is 0. The van der Waals surface area contributed by atoms with Crippen molar-refractivity contribution >= 4 is 29.0 Å². The Morgan fingerprint density at radius 2 is 2.21 bits per heavy atom. The molecule has 24 heavy (non-hydrogen) atoms. The van der Waals surface area contributed by atoms with Crippen LogP contribution in [0.5, 0.6) is 0 Å². The van der Waals surface area contributed by atoms with E-state index in [4.69, 9.17) is 9.15 Å². The molecule has 2 heterocycles. The van der Waals surface area contributed by atoms with Crippen molar-refractivity contribution in [2.24, 2.45) is 0 Å². The van der Waals surface area contributed by atoms with Crippen LogP contribution < -0.4 is 5.32 Å². The van der Waals surface area contributed by atoms with Crippen LogP contribution in [0.25, 0.3) is 10.8 Å². The molecule has 2 aromatic heterocycles. The minimum atomic E-state index is -0.310. The average Bonchev–Trinajstić information content (AvgIpc) is 3.12. The molecule has 0 fully saturated rings. The number of thiazole rings is 1. The van der Waals surface area contributed by atoms with Crippen molar-refractivity contribution in [3.63, 3.8) is 0 Å². The lowest BCUT2D eigenvalue weighted by Crippen LogP contribution is -2.32. The van der Waals surface area contributed by atoms with E-state index in [1.165, 1.54) is 23.1 Å². The molecule has 0 aliphatic carbocycles. The third kappa shape index (κ3) is 5.29. The van der Waals surface area contributed by atoms with Crippen molar-refractivity contribution in [3.05, 3.63) is 10.7 Å². The Kier molecular flexibility index (Phi) is 7.19. The van der Waals surface area contributed by atoms with E-state index < -0.39 is 0 Å². The number of nitrogens with zero attached hydrogens (tertiary/aromatic N) is 3. The van der Waals surface area contributed by atoms with Gasteiger partial charge in [-0.1, -0.05) is 11.8 Å². The lowest BCUT2D eigenvalue weighted by atomic mass is 10.4. The zero-order chi connectivity index (χ0) is 17.5. The first-order chi connectivity index (χ1) is 11.5. The summed E-state index contributed by atoms with van der Waals surface area (Å²) in [5.41, 5.74) is 0.873. The Morgan fingerprint density at radius 3 is 2.88 bits per heavy atom. The maximum absolute atomic E-state index is 12.0. The lowest BCUT2D eigenvalue weighted by molar-refractivity contribution is -0.120. The molecule has 132 valence electrons. The Bertz CT molecular complexity index is 671. The SMILES string of the molecule is CCOCCCNC(=O)C(C)Sc1nnc(-c2sc(C)nc2C)o1. The third-order valence-corrected chi connectivity index (χ3v) is 5.11. The van der Waals surface area contributed by atoms with Gasteiger partial charge >= 0.3 is 0 Å². The highest BCUT2D eigenvalue weighted by Crippen LogP contribution is 2.31. The largest absolute Gasteiger partial charge is 0.410 e. The summed E-state index contributed by atoms with van der Waals surface area (Å²) in [6.45, 7) is 9.55. The summed E-state index contributed by atoms with van der Waals surface area (Å²) in [6.07, 6.45) is 0.797. The molecule has 7 nitrogen and oxygen atoms in total. The molecule has 0 bridgehead atoms. The van der Waals surface area contributed by atoms with Crippen molar-refractivity contribution in [2.75, 3.05) is 19.8 Å². The number of thioether (sulfide) groups is 1. The molecule has 2 rings (SSSR count). The van der Waals surface area contributed by atoms with Crippen LogP contribution in [0.4, 0.5) is 0 Å². The first-order valence-corrected chi connectivity index (χ1v) is 9.51. The van der Waals surface area contributed by atoms with Crippen molar-refractivity contribution in [1.82, 2.24) is 20.5 Å². The van der Waals surface area contributed by atoms with Gasteiger partial charge < -0.3 is 14.5 Å². The van der Waals surface area contributed by atoms with Gasteiger partial charge in [-0.25, -0.2) is 4.98 Å². The van der Waals surface area contributed by atoms with E-state index in [0.717, 1.165) is 22.0 Å². The van der Waals surface area contributed by atoms with Crippen LogP contribution in [-0.2, 0) is 9.53 Å². The van der Waals surface area contributed by atoms with Gasteiger partial charge in [-0.3, -0.25) is 4.79 Å². The monoisotopic (exact) mass is 370 g/mol. The highest BCUT2D eigenvalue weighted by atomic mass is 32.2. The normalized spacial score (nSPS) is 12.3. The number of amides is 1. The van der Waals surface area contributed by atoms with Gasteiger partial charge in [0, 0.05) is 19.8 Å². The van der Waals surface area contributed by atoms with Gasteiger partial charge in [-0.2, -0.15) is 0 Å². The molecular weight excluding hydrogens is 348 g/mol. The van der Waals surface area contributed by atoms with Crippen LogP contribution in [0.2, 0.25) is 0 Å². The Hall–Kier alpha value is -1.45. The van der Waals surface area contributed by atoms with Gasteiger partial charge in [0.25, 0.3) is 11.1 Å². The number of aryl methyl sites for hydroxylation is 2. The fourth-order valence-electron chi connectivity index (χ4n) is 1.96. The zero-order valence-electron chi connectivity index (χ0n) is 14.3. The van der Waals surface area contributed by atoms with Gasteiger partial charge in [0.1, 0.15) is 4.88 Å². The van der Waals surface area contributed by atoms with E-state index in [2.05, 4.69) is 20.5 Å². The molecule has 0 saturated heterocycles. The quantitative estimate of drug-likeness (QED) is 0.536. The minimum Gasteiger partial charge on any atom is -0.410 e. The van der Waals surface area contributed by atoms with Gasteiger partial charge in [-0.15, -0.1) is 21.5 Å². The number of carbonyl (C=O) groups excluding carboxylic acids is 1. The van der Waals surface area contributed by atoms with E-state index in [1.54, 1.807) is 0 Å². The predicted octanol–water partition coefficient (Wildman–Crippen LogP) is 2.83. The van der Waals surface area contributed by atoms with Gasteiger partial charge in [0.2, 0.25) is 5.91 Å². The Morgan fingerprint density at radius 1 is 1.42 bits per heavy atom. The molecule has 0 aliphatic rings. The topological polar surface area (TPSA) is 90.1 Å². The molecule has 0 aliphatic heterocycles. The van der Waals surface area contributed by atoms with Crippen molar-refractivity contribution in [1.29, 1.82) is 0 Å². The van der Waals surface area contributed by atoms with Crippen molar-refractivity contribution < 1.29 is 13.9 Å². The number of carbonyl (C=O) groups is 1. The molecule has 9 heteroatoms. The number of ether oxygens (including phenoxy) is 1. The number of rotatable bonds is 9. The van der Waals surface area contributed by atoms with Crippen LogP contribution in [-0.4, -0.2) is 46.1 Å². The summed E-state index contributed by atoms with van der Waals surface area (Å²) in [5.74, 6) is 0.394. The zero-order valence-corrected chi connectivity index (χ0v) is 15.9. The van der Waals surface area contributed by atoms with Crippen LogP contribution >= 0.6 is 23.1 Å². The van der Waals surface area contributed by atoms with E-state index in [0.29, 0.717) is 30.9 Å².